The number of benzene rings is 1. The molecule has 5 heteroatoms. The van der Waals surface area contributed by atoms with Crippen molar-refractivity contribution in [2.45, 2.75) is 12.5 Å². The summed E-state index contributed by atoms with van der Waals surface area (Å²) in [6.07, 6.45) is 0.0346. The molecular weight excluding hydrogens is 232 g/mol. The van der Waals surface area contributed by atoms with Gasteiger partial charge in [0.05, 0.1) is 5.52 Å². The zero-order valence-electron chi connectivity index (χ0n) is 9.96. The molecule has 1 heterocycles. The van der Waals surface area contributed by atoms with Crippen molar-refractivity contribution >= 4 is 16.9 Å². The van der Waals surface area contributed by atoms with Crippen LogP contribution in [0.15, 0.2) is 35.1 Å². The van der Waals surface area contributed by atoms with Crippen LogP contribution in [-0.4, -0.2) is 21.7 Å². The summed E-state index contributed by atoms with van der Waals surface area (Å²) in [5, 5.41) is 9.68. The molecule has 1 aromatic carbocycles. The van der Waals surface area contributed by atoms with Crippen molar-refractivity contribution in [1.82, 2.24) is 4.57 Å². The second-order valence-electron chi connectivity index (χ2n) is 4.24. The largest absolute Gasteiger partial charge is 0.480 e. The Bertz CT molecular complexity index is 661. The Morgan fingerprint density at radius 2 is 2.11 bits per heavy atom. The summed E-state index contributed by atoms with van der Waals surface area (Å²) in [6.45, 7) is 0. The van der Waals surface area contributed by atoms with Crippen molar-refractivity contribution in [3.05, 3.63) is 46.2 Å². The first-order chi connectivity index (χ1) is 8.50. The second-order valence-corrected chi connectivity index (χ2v) is 4.24. The van der Waals surface area contributed by atoms with Crippen LogP contribution in [0, 0.1) is 0 Å². The molecule has 18 heavy (non-hydrogen) atoms. The lowest BCUT2D eigenvalue weighted by atomic mass is 10.1. The highest BCUT2D eigenvalue weighted by molar-refractivity contribution is 5.80. The minimum Gasteiger partial charge on any atom is -0.480 e. The fourth-order valence-corrected chi connectivity index (χ4v) is 1.96. The molecule has 0 bridgehead atoms. The molecule has 1 aromatic heterocycles. The van der Waals surface area contributed by atoms with Gasteiger partial charge < -0.3 is 15.4 Å². The van der Waals surface area contributed by atoms with Gasteiger partial charge in [-0.15, -0.1) is 0 Å². The maximum Gasteiger partial charge on any atom is 0.320 e. The number of pyridine rings is 1. The lowest BCUT2D eigenvalue weighted by molar-refractivity contribution is -0.138. The first kappa shape index (κ1) is 12.3. The average Bonchev–Trinajstić information content (AvgIpc) is 2.35. The Balaban J connectivity index is 2.56. The first-order valence-electron chi connectivity index (χ1n) is 5.56. The lowest BCUT2D eigenvalue weighted by Gasteiger charge is -2.10. The highest BCUT2D eigenvalue weighted by Gasteiger charge is 2.15. The molecule has 1 atom stereocenters. The van der Waals surface area contributed by atoms with Crippen LogP contribution in [0.5, 0.6) is 0 Å². The van der Waals surface area contributed by atoms with Crippen LogP contribution >= 0.6 is 0 Å². The third-order valence-electron chi connectivity index (χ3n) is 2.96. The smallest absolute Gasteiger partial charge is 0.320 e. The number of para-hydroxylation sites is 1. The third kappa shape index (κ3) is 2.12. The summed E-state index contributed by atoms with van der Waals surface area (Å²) < 4.78 is 1.51. The second kappa shape index (κ2) is 4.62. The fraction of sp³-hybridized carbons (Fsp3) is 0.231. The van der Waals surface area contributed by atoms with E-state index in [1.807, 2.05) is 24.3 Å². The first-order valence-corrected chi connectivity index (χ1v) is 5.56. The molecule has 0 aliphatic rings. The molecule has 94 valence electrons. The molecule has 0 saturated heterocycles. The van der Waals surface area contributed by atoms with Crippen LogP contribution < -0.4 is 11.3 Å². The van der Waals surface area contributed by atoms with Gasteiger partial charge in [0.15, 0.2) is 0 Å². The van der Waals surface area contributed by atoms with Gasteiger partial charge >= 0.3 is 5.97 Å². The Kier molecular flexibility index (Phi) is 3.16. The summed E-state index contributed by atoms with van der Waals surface area (Å²) in [6, 6.07) is 8.10. The van der Waals surface area contributed by atoms with Crippen molar-refractivity contribution in [2.24, 2.45) is 12.8 Å². The van der Waals surface area contributed by atoms with Crippen molar-refractivity contribution in [3.63, 3.8) is 0 Å². The highest BCUT2D eigenvalue weighted by atomic mass is 16.4. The standard InChI is InChI=1S/C13H14N2O3/c1-15-11-5-3-2-4-8(11)6-9(12(15)16)7-10(14)13(17)18/h2-6,10H,7,14H2,1H3,(H,17,18)/t10-/m0/s1. The molecule has 0 aliphatic carbocycles. The summed E-state index contributed by atoms with van der Waals surface area (Å²) in [4.78, 5) is 22.8. The summed E-state index contributed by atoms with van der Waals surface area (Å²) in [5.74, 6) is -1.11. The molecule has 0 aliphatic heterocycles. The van der Waals surface area contributed by atoms with Gasteiger partial charge in [-0.2, -0.15) is 0 Å². The summed E-state index contributed by atoms with van der Waals surface area (Å²) in [5.41, 5.74) is 6.50. The number of nitrogens with zero attached hydrogens (tertiary/aromatic N) is 1. The van der Waals surface area contributed by atoms with Crippen LogP contribution in [0.3, 0.4) is 0 Å². The van der Waals surface area contributed by atoms with Crippen molar-refractivity contribution < 1.29 is 9.90 Å². The molecular formula is C13H14N2O3. The van der Waals surface area contributed by atoms with Crippen molar-refractivity contribution in [3.8, 4) is 0 Å². The zero-order chi connectivity index (χ0) is 13.3. The Hall–Kier alpha value is -2.14. The lowest BCUT2D eigenvalue weighted by Crippen LogP contribution is -2.35. The van der Waals surface area contributed by atoms with E-state index in [2.05, 4.69) is 0 Å². The molecule has 3 N–H and O–H groups in total. The van der Waals surface area contributed by atoms with Gasteiger partial charge in [-0.05, 0) is 17.5 Å². The number of hydrogen-bond acceptors (Lipinski definition) is 3. The van der Waals surface area contributed by atoms with E-state index in [9.17, 15) is 9.59 Å². The van der Waals surface area contributed by atoms with E-state index in [0.29, 0.717) is 5.56 Å². The van der Waals surface area contributed by atoms with Gasteiger partial charge in [0.2, 0.25) is 0 Å². The average molecular weight is 246 g/mol. The number of nitrogens with two attached hydrogens (primary N) is 1. The number of carbonyl (C=O) groups is 1. The van der Waals surface area contributed by atoms with Gasteiger partial charge in [-0.3, -0.25) is 9.59 Å². The fourth-order valence-electron chi connectivity index (χ4n) is 1.96. The van der Waals surface area contributed by atoms with Gasteiger partial charge in [0.25, 0.3) is 5.56 Å². The van der Waals surface area contributed by atoms with E-state index in [0.717, 1.165) is 10.9 Å². The molecule has 2 aromatic rings. The monoisotopic (exact) mass is 246 g/mol. The normalized spacial score (nSPS) is 12.6. The Morgan fingerprint density at radius 3 is 2.78 bits per heavy atom. The minimum absolute atomic E-state index is 0.0346. The zero-order valence-corrected chi connectivity index (χ0v) is 9.96. The molecule has 0 amide bonds. The SMILES string of the molecule is Cn1c(=O)c(C[C@H](N)C(=O)O)cc2ccccc21. The number of aliphatic carboxylic acids is 1. The van der Waals surface area contributed by atoms with E-state index in [-0.39, 0.29) is 12.0 Å². The molecule has 2 rings (SSSR count). The van der Waals surface area contributed by atoms with Gasteiger partial charge in [0.1, 0.15) is 6.04 Å². The van der Waals surface area contributed by atoms with Gasteiger partial charge in [0, 0.05) is 19.0 Å². The van der Waals surface area contributed by atoms with Crippen LogP contribution in [0.4, 0.5) is 0 Å². The summed E-state index contributed by atoms with van der Waals surface area (Å²) >= 11 is 0. The van der Waals surface area contributed by atoms with E-state index in [1.165, 1.54) is 4.57 Å². The number of hydrogen-bond donors (Lipinski definition) is 2. The maximum atomic E-state index is 12.1. The molecule has 0 unspecified atom stereocenters. The van der Waals surface area contributed by atoms with Gasteiger partial charge in [-0.25, -0.2) is 0 Å². The number of rotatable bonds is 3. The number of fused-ring (bicyclic) bond motifs is 1. The van der Waals surface area contributed by atoms with Crippen molar-refractivity contribution in [2.75, 3.05) is 0 Å². The van der Waals surface area contributed by atoms with Crippen LogP contribution in [0.2, 0.25) is 0 Å². The van der Waals surface area contributed by atoms with Crippen LogP contribution in [-0.2, 0) is 18.3 Å². The van der Waals surface area contributed by atoms with Crippen molar-refractivity contribution in [1.29, 1.82) is 0 Å². The quantitative estimate of drug-likeness (QED) is 0.825. The van der Waals surface area contributed by atoms with E-state index in [1.54, 1.807) is 13.1 Å². The highest BCUT2D eigenvalue weighted by Crippen LogP contribution is 2.12. The Morgan fingerprint density at radius 1 is 1.44 bits per heavy atom. The topological polar surface area (TPSA) is 85.3 Å². The van der Waals surface area contributed by atoms with E-state index >= 15 is 0 Å². The number of aromatic nitrogens is 1. The molecule has 0 saturated carbocycles. The molecule has 0 spiro atoms. The summed E-state index contributed by atoms with van der Waals surface area (Å²) in [7, 11) is 1.67. The number of carboxylic acids is 1. The Labute approximate surface area is 103 Å². The molecule has 5 nitrogen and oxygen atoms in total. The van der Waals surface area contributed by atoms with Crippen LogP contribution in [0.1, 0.15) is 5.56 Å². The number of carboxylic acid groups (broad SMARTS) is 1. The maximum absolute atomic E-state index is 12.1. The predicted molar refractivity (Wildman–Crippen MR) is 68.5 cm³/mol. The predicted octanol–water partition coefficient (Wildman–Crippen LogP) is 0.493. The van der Waals surface area contributed by atoms with Gasteiger partial charge in [-0.1, -0.05) is 18.2 Å². The minimum atomic E-state index is -1.11. The van der Waals surface area contributed by atoms with E-state index < -0.39 is 12.0 Å². The molecule has 0 radical (unpaired) electrons. The third-order valence-corrected chi connectivity index (χ3v) is 2.96. The number of aryl methyl sites for hydroxylation is 1. The van der Waals surface area contributed by atoms with Crippen LogP contribution in [0.25, 0.3) is 10.9 Å². The molecule has 0 fully saturated rings. The van der Waals surface area contributed by atoms with E-state index in [4.69, 9.17) is 10.8 Å².